The lowest BCUT2D eigenvalue weighted by molar-refractivity contribution is -0.138. The van der Waals surface area contributed by atoms with Crippen LogP contribution in [0.3, 0.4) is 0 Å². The predicted molar refractivity (Wildman–Crippen MR) is 88.2 cm³/mol. The van der Waals surface area contributed by atoms with E-state index in [2.05, 4.69) is 10.1 Å². The zero-order valence-electron chi connectivity index (χ0n) is 13.8. The number of methoxy groups -OCH3 is 1. The normalized spacial score (nSPS) is 25.0. The Morgan fingerprint density at radius 3 is 2.88 bits per heavy atom. The SMILES string of the molecule is COc1cccc2c(C3CCN(CC4C[C@H]4C(=O)O)CC3)noc12. The molecule has 2 aromatic rings. The Morgan fingerprint density at radius 1 is 1.42 bits per heavy atom. The third-order valence-corrected chi connectivity index (χ3v) is 5.42. The third kappa shape index (κ3) is 2.75. The molecule has 2 fully saturated rings. The summed E-state index contributed by atoms with van der Waals surface area (Å²) in [5.74, 6) is 0.699. The van der Waals surface area contributed by atoms with Gasteiger partial charge in [-0.25, -0.2) is 0 Å². The topological polar surface area (TPSA) is 75.8 Å². The number of fused-ring (bicyclic) bond motifs is 1. The van der Waals surface area contributed by atoms with Crippen LogP contribution in [0.1, 0.15) is 30.9 Å². The highest BCUT2D eigenvalue weighted by atomic mass is 16.5. The summed E-state index contributed by atoms with van der Waals surface area (Å²) in [5, 5.41) is 14.4. The number of benzene rings is 1. The number of likely N-dealkylation sites (tertiary alicyclic amines) is 1. The number of carboxylic acids is 1. The van der Waals surface area contributed by atoms with E-state index in [0.717, 1.165) is 61.3 Å². The van der Waals surface area contributed by atoms with Gasteiger partial charge in [-0.05, 0) is 50.4 Å². The van der Waals surface area contributed by atoms with Crippen LogP contribution < -0.4 is 4.74 Å². The van der Waals surface area contributed by atoms with Gasteiger partial charge in [0.15, 0.2) is 5.75 Å². The molecular formula is C18H22N2O4. The van der Waals surface area contributed by atoms with Crippen LogP contribution in [0.15, 0.2) is 22.7 Å². The van der Waals surface area contributed by atoms with E-state index in [1.807, 2.05) is 18.2 Å². The van der Waals surface area contributed by atoms with Gasteiger partial charge in [-0.2, -0.15) is 0 Å². The van der Waals surface area contributed by atoms with Crippen molar-refractivity contribution in [3.63, 3.8) is 0 Å². The fourth-order valence-corrected chi connectivity index (χ4v) is 3.88. The monoisotopic (exact) mass is 330 g/mol. The number of para-hydroxylation sites is 1. The van der Waals surface area contributed by atoms with Crippen molar-refractivity contribution < 1.29 is 19.2 Å². The molecule has 1 saturated heterocycles. The molecule has 1 aromatic carbocycles. The first-order valence-electron chi connectivity index (χ1n) is 8.55. The van der Waals surface area contributed by atoms with E-state index in [1.54, 1.807) is 7.11 Å². The van der Waals surface area contributed by atoms with Gasteiger partial charge in [-0.1, -0.05) is 11.2 Å². The van der Waals surface area contributed by atoms with Gasteiger partial charge in [-0.3, -0.25) is 4.79 Å². The summed E-state index contributed by atoms with van der Waals surface area (Å²) in [6, 6.07) is 5.89. The summed E-state index contributed by atoms with van der Waals surface area (Å²) in [5.41, 5.74) is 1.75. The van der Waals surface area contributed by atoms with Crippen molar-refractivity contribution >= 4 is 16.9 Å². The highest BCUT2D eigenvalue weighted by molar-refractivity contribution is 5.85. The molecule has 6 heteroatoms. The third-order valence-electron chi connectivity index (χ3n) is 5.42. The highest BCUT2D eigenvalue weighted by Gasteiger charge is 2.44. The Labute approximate surface area is 140 Å². The Morgan fingerprint density at radius 2 is 2.21 bits per heavy atom. The molecule has 2 atom stereocenters. The molecule has 0 amide bonds. The van der Waals surface area contributed by atoms with Gasteiger partial charge >= 0.3 is 5.97 Å². The molecule has 0 spiro atoms. The highest BCUT2D eigenvalue weighted by Crippen LogP contribution is 2.41. The smallest absolute Gasteiger partial charge is 0.306 e. The van der Waals surface area contributed by atoms with Crippen LogP contribution in [-0.2, 0) is 4.79 Å². The molecule has 6 nitrogen and oxygen atoms in total. The van der Waals surface area contributed by atoms with Crippen LogP contribution in [0.25, 0.3) is 11.0 Å². The second-order valence-electron chi connectivity index (χ2n) is 6.92. The molecule has 24 heavy (non-hydrogen) atoms. The van der Waals surface area contributed by atoms with E-state index in [9.17, 15) is 4.79 Å². The van der Waals surface area contributed by atoms with Crippen molar-refractivity contribution in [3.05, 3.63) is 23.9 Å². The molecule has 1 aliphatic heterocycles. The van der Waals surface area contributed by atoms with E-state index in [4.69, 9.17) is 14.4 Å². The van der Waals surface area contributed by atoms with Gasteiger partial charge in [0.05, 0.1) is 18.7 Å². The molecule has 1 aromatic heterocycles. The quantitative estimate of drug-likeness (QED) is 0.908. The number of carbonyl (C=O) groups is 1. The maximum atomic E-state index is 11.0. The Balaban J connectivity index is 1.40. The van der Waals surface area contributed by atoms with Crippen LogP contribution in [0.2, 0.25) is 0 Å². The van der Waals surface area contributed by atoms with Crippen molar-refractivity contribution in [2.45, 2.75) is 25.2 Å². The van der Waals surface area contributed by atoms with Gasteiger partial charge in [0.2, 0.25) is 5.58 Å². The first-order chi connectivity index (χ1) is 11.7. The molecule has 0 radical (unpaired) electrons. The number of hydrogen-bond acceptors (Lipinski definition) is 5. The lowest BCUT2D eigenvalue weighted by Gasteiger charge is -2.31. The number of nitrogens with zero attached hydrogens (tertiary/aromatic N) is 2. The van der Waals surface area contributed by atoms with Crippen LogP contribution >= 0.6 is 0 Å². The Kier molecular flexibility index (Phi) is 3.92. The zero-order valence-corrected chi connectivity index (χ0v) is 13.8. The molecule has 1 unspecified atom stereocenters. The van der Waals surface area contributed by atoms with Crippen LogP contribution in [0, 0.1) is 11.8 Å². The van der Waals surface area contributed by atoms with Crippen molar-refractivity contribution in [2.24, 2.45) is 11.8 Å². The van der Waals surface area contributed by atoms with Gasteiger partial charge in [0, 0.05) is 17.8 Å². The molecule has 1 aliphatic carbocycles. The molecule has 0 bridgehead atoms. The Hall–Kier alpha value is -2.08. The van der Waals surface area contributed by atoms with E-state index >= 15 is 0 Å². The van der Waals surface area contributed by atoms with Gasteiger partial charge < -0.3 is 19.3 Å². The molecule has 1 saturated carbocycles. The molecule has 2 aliphatic rings. The van der Waals surface area contributed by atoms with Gasteiger partial charge in [0.25, 0.3) is 0 Å². The van der Waals surface area contributed by atoms with E-state index in [-0.39, 0.29) is 5.92 Å². The molecule has 128 valence electrons. The minimum Gasteiger partial charge on any atom is -0.493 e. The standard InChI is InChI=1S/C18H22N2O4/c1-23-15-4-2-3-13-16(19-24-17(13)15)11-5-7-20(8-6-11)10-12-9-14(12)18(21)22/h2-4,11-12,14H,5-10H2,1H3,(H,21,22)/t12?,14-/m1/s1. The number of carboxylic acid groups (broad SMARTS) is 1. The fourth-order valence-electron chi connectivity index (χ4n) is 3.88. The van der Waals surface area contributed by atoms with Gasteiger partial charge in [0.1, 0.15) is 0 Å². The van der Waals surface area contributed by atoms with Crippen molar-refractivity contribution in [1.82, 2.24) is 10.1 Å². The van der Waals surface area contributed by atoms with Gasteiger partial charge in [-0.15, -0.1) is 0 Å². The lowest BCUT2D eigenvalue weighted by atomic mass is 9.91. The average Bonchev–Trinajstić information content (AvgIpc) is 3.23. The second kappa shape index (κ2) is 6.09. The number of aliphatic carboxylic acids is 1. The first kappa shape index (κ1) is 15.4. The molecule has 1 N–H and O–H groups in total. The summed E-state index contributed by atoms with van der Waals surface area (Å²) in [6.45, 7) is 2.90. The summed E-state index contributed by atoms with van der Waals surface area (Å²) in [6.07, 6.45) is 2.90. The van der Waals surface area contributed by atoms with E-state index in [1.165, 1.54) is 0 Å². The number of ether oxygens (including phenoxy) is 1. The molecule has 2 heterocycles. The van der Waals surface area contributed by atoms with Crippen LogP contribution in [0.5, 0.6) is 5.75 Å². The number of piperidine rings is 1. The largest absolute Gasteiger partial charge is 0.493 e. The molecule has 4 rings (SSSR count). The summed E-state index contributed by atoms with van der Waals surface area (Å²) in [4.78, 5) is 13.3. The summed E-state index contributed by atoms with van der Waals surface area (Å²) < 4.78 is 10.8. The summed E-state index contributed by atoms with van der Waals surface area (Å²) >= 11 is 0. The molecular weight excluding hydrogens is 308 g/mol. The van der Waals surface area contributed by atoms with Crippen LogP contribution in [0.4, 0.5) is 0 Å². The Bertz CT molecular complexity index is 749. The zero-order chi connectivity index (χ0) is 16.7. The minimum atomic E-state index is -0.641. The lowest BCUT2D eigenvalue weighted by Crippen LogP contribution is -2.35. The van der Waals surface area contributed by atoms with Crippen LogP contribution in [-0.4, -0.2) is 47.9 Å². The number of rotatable bonds is 5. The number of aromatic nitrogens is 1. The van der Waals surface area contributed by atoms with Crippen molar-refractivity contribution in [1.29, 1.82) is 0 Å². The minimum absolute atomic E-state index is 0.116. The maximum Gasteiger partial charge on any atom is 0.306 e. The average molecular weight is 330 g/mol. The first-order valence-corrected chi connectivity index (χ1v) is 8.55. The van der Waals surface area contributed by atoms with Crippen molar-refractivity contribution in [3.8, 4) is 5.75 Å². The van der Waals surface area contributed by atoms with Crippen molar-refractivity contribution in [2.75, 3.05) is 26.7 Å². The predicted octanol–water partition coefficient (Wildman–Crippen LogP) is 2.74. The van der Waals surface area contributed by atoms with E-state index in [0.29, 0.717) is 11.8 Å². The van der Waals surface area contributed by atoms with E-state index < -0.39 is 5.97 Å². The maximum absolute atomic E-state index is 11.0. The fraction of sp³-hybridized carbons (Fsp3) is 0.556. The second-order valence-corrected chi connectivity index (χ2v) is 6.92. The number of hydrogen-bond donors (Lipinski definition) is 1. The summed E-state index contributed by atoms with van der Waals surface area (Å²) in [7, 11) is 1.64.